The van der Waals surface area contributed by atoms with E-state index >= 15 is 0 Å². The van der Waals surface area contributed by atoms with Gasteiger partial charge in [0.05, 0.1) is 18.8 Å². The van der Waals surface area contributed by atoms with Gasteiger partial charge in [0.2, 0.25) is 0 Å². The van der Waals surface area contributed by atoms with Crippen molar-refractivity contribution >= 4 is 17.0 Å². The SMILES string of the molecule is COc1ccccc1NC(CN)c1ccc(C)s1. The molecule has 0 fully saturated rings. The number of rotatable bonds is 5. The van der Waals surface area contributed by atoms with Crippen molar-refractivity contribution in [2.24, 2.45) is 5.73 Å². The molecule has 0 saturated heterocycles. The van der Waals surface area contributed by atoms with Gasteiger partial charge < -0.3 is 15.8 Å². The fourth-order valence-corrected chi connectivity index (χ4v) is 2.78. The van der Waals surface area contributed by atoms with Crippen LogP contribution in [0.1, 0.15) is 15.8 Å². The maximum atomic E-state index is 5.86. The zero-order valence-corrected chi connectivity index (χ0v) is 11.5. The maximum absolute atomic E-state index is 5.86. The van der Waals surface area contributed by atoms with Crippen molar-refractivity contribution in [1.29, 1.82) is 0 Å². The van der Waals surface area contributed by atoms with Crippen LogP contribution in [0.25, 0.3) is 0 Å². The van der Waals surface area contributed by atoms with Gasteiger partial charge in [-0.3, -0.25) is 0 Å². The van der Waals surface area contributed by atoms with Crippen LogP contribution in [0.3, 0.4) is 0 Å². The molecular weight excluding hydrogens is 244 g/mol. The van der Waals surface area contributed by atoms with Gasteiger partial charge >= 0.3 is 0 Å². The van der Waals surface area contributed by atoms with Crippen LogP contribution in [0.5, 0.6) is 5.75 Å². The van der Waals surface area contributed by atoms with E-state index in [4.69, 9.17) is 10.5 Å². The number of methoxy groups -OCH3 is 1. The molecule has 3 nitrogen and oxygen atoms in total. The number of hydrogen-bond acceptors (Lipinski definition) is 4. The average Bonchev–Trinajstić information content (AvgIpc) is 2.83. The Labute approximate surface area is 112 Å². The van der Waals surface area contributed by atoms with Gasteiger partial charge in [0.1, 0.15) is 5.75 Å². The molecule has 0 saturated carbocycles. The molecule has 0 aliphatic heterocycles. The maximum Gasteiger partial charge on any atom is 0.141 e. The number of nitrogens with two attached hydrogens (primary N) is 1. The Morgan fingerprint density at radius 1 is 1.28 bits per heavy atom. The lowest BCUT2D eigenvalue weighted by Crippen LogP contribution is -2.19. The Bertz CT molecular complexity index is 510. The van der Waals surface area contributed by atoms with Gasteiger partial charge in [0.15, 0.2) is 0 Å². The van der Waals surface area contributed by atoms with Crippen molar-refractivity contribution in [3.05, 3.63) is 46.2 Å². The van der Waals surface area contributed by atoms with E-state index in [9.17, 15) is 0 Å². The smallest absolute Gasteiger partial charge is 0.141 e. The molecule has 3 N–H and O–H groups in total. The highest BCUT2D eigenvalue weighted by molar-refractivity contribution is 7.12. The molecule has 1 atom stereocenters. The number of hydrogen-bond donors (Lipinski definition) is 2. The minimum atomic E-state index is 0.125. The van der Waals surface area contributed by atoms with Gasteiger partial charge in [0, 0.05) is 16.3 Å². The zero-order chi connectivity index (χ0) is 13.0. The van der Waals surface area contributed by atoms with Crippen LogP contribution in [0.15, 0.2) is 36.4 Å². The van der Waals surface area contributed by atoms with Crippen molar-refractivity contribution < 1.29 is 4.74 Å². The van der Waals surface area contributed by atoms with Gasteiger partial charge in [0.25, 0.3) is 0 Å². The van der Waals surface area contributed by atoms with Crippen LogP contribution < -0.4 is 15.8 Å². The minimum absolute atomic E-state index is 0.125. The van der Waals surface area contributed by atoms with E-state index in [0.29, 0.717) is 6.54 Å². The Morgan fingerprint density at radius 3 is 2.67 bits per heavy atom. The average molecular weight is 262 g/mol. The van der Waals surface area contributed by atoms with E-state index < -0.39 is 0 Å². The van der Waals surface area contributed by atoms with Gasteiger partial charge in [-0.1, -0.05) is 12.1 Å². The fourth-order valence-electron chi connectivity index (χ4n) is 1.84. The number of benzene rings is 1. The molecule has 18 heavy (non-hydrogen) atoms. The second-order valence-electron chi connectivity index (χ2n) is 4.08. The Balaban J connectivity index is 2.20. The van der Waals surface area contributed by atoms with Crippen LogP contribution >= 0.6 is 11.3 Å². The number of para-hydroxylation sites is 2. The quantitative estimate of drug-likeness (QED) is 0.870. The molecular formula is C14H18N2OS. The first-order valence-electron chi connectivity index (χ1n) is 5.90. The van der Waals surface area contributed by atoms with Crippen molar-refractivity contribution in [1.82, 2.24) is 0 Å². The van der Waals surface area contributed by atoms with Crippen LogP contribution in [0.4, 0.5) is 5.69 Å². The molecule has 0 aliphatic carbocycles. The highest BCUT2D eigenvalue weighted by atomic mass is 32.1. The summed E-state index contributed by atoms with van der Waals surface area (Å²) in [5.74, 6) is 0.837. The number of nitrogens with one attached hydrogen (secondary N) is 1. The summed E-state index contributed by atoms with van der Waals surface area (Å²) in [7, 11) is 1.67. The first kappa shape index (κ1) is 12.9. The standard InChI is InChI=1S/C14H18N2OS/c1-10-7-8-14(18-10)12(9-15)16-11-5-3-4-6-13(11)17-2/h3-8,12,16H,9,15H2,1-2H3. The highest BCUT2D eigenvalue weighted by Crippen LogP contribution is 2.30. The zero-order valence-electron chi connectivity index (χ0n) is 10.6. The van der Waals surface area contributed by atoms with E-state index in [0.717, 1.165) is 11.4 Å². The van der Waals surface area contributed by atoms with E-state index in [1.54, 1.807) is 18.4 Å². The number of ether oxygens (including phenoxy) is 1. The van der Waals surface area contributed by atoms with Crippen LogP contribution in [0, 0.1) is 6.92 Å². The third-order valence-electron chi connectivity index (χ3n) is 2.78. The monoisotopic (exact) mass is 262 g/mol. The number of thiophene rings is 1. The summed E-state index contributed by atoms with van der Waals surface area (Å²) in [6.07, 6.45) is 0. The summed E-state index contributed by atoms with van der Waals surface area (Å²) >= 11 is 1.77. The Kier molecular flexibility index (Phi) is 4.23. The molecule has 4 heteroatoms. The van der Waals surface area contributed by atoms with E-state index in [1.165, 1.54) is 9.75 Å². The van der Waals surface area contributed by atoms with Crippen LogP contribution in [-0.4, -0.2) is 13.7 Å². The molecule has 0 bridgehead atoms. The van der Waals surface area contributed by atoms with E-state index in [-0.39, 0.29) is 6.04 Å². The predicted molar refractivity (Wildman–Crippen MR) is 77.5 cm³/mol. The molecule has 1 heterocycles. The van der Waals surface area contributed by atoms with Crippen molar-refractivity contribution in [2.45, 2.75) is 13.0 Å². The first-order valence-corrected chi connectivity index (χ1v) is 6.72. The second-order valence-corrected chi connectivity index (χ2v) is 5.40. The molecule has 2 aromatic rings. The fraction of sp³-hybridized carbons (Fsp3) is 0.286. The second kappa shape index (κ2) is 5.89. The lowest BCUT2D eigenvalue weighted by molar-refractivity contribution is 0.416. The van der Waals surface area contributed by atoms with Gasteiger partial charge in [-0.25, -0.2) is 0 Å². The lowest BCUT2D eigenvalue weighted by Gasteiger charge is -2.18. The summed E-state index contributed by atoms with van der Waals surface area (Å²) in [5, 5.41) is 3.44. The molecule has 2 rings (SSSR count). The topological polar surface area (TPSA) is 47.3 Å². The van der Waals surface area contributed by atoms with Crippen molar-refractivity contribution in [3.8, 4) is 5.75 Å². The summed E-state index contributed by atoms with van der Waals surface area (Å²) < 4.78 is 5.33. The van der Waals surface area contributed by atoms with Crippen LogP contribution in [-0.2, 0) is 0 Å². The third kappa shape index (κ3) is 2.83. The molecule has 1 aromatic heterocycles. The van der Waals surface area contributed by atoms with E-state index in [1.807, 2.05) is 24.3 Å². The third-order valence-corrected chi connectivity index (χ3v) is 3.89. The van der Waals surface area contributed by atoms with Gasteiger partial charge in [-0.15, -0.1) is 11.3 Å². The van der Waals surface area contributed by atoms with Crippen molar-refractivity contribution in [2.75, 3.05) is 19.0 Å². The summed E-state index contributed by atoms with van der Waals surface area (Å²) in [6, 6.07) is 12.2. The van der Waals surface area contributed by atoms with E-state index in [2.05, 4.69) is 24.4 Å². The largest absolute Gasteiger partial charge is 0.495 e. The Hall–Kier alpha value is -1.52. The van der Waals surface area contributed by atoms with Crippen LogP contribution in [0.2, 0.25) is 0 Å². The molecule has 1 aromatic carbocycles. The molecule has 0 radical (unpaired) electrons. The first-order chi connectivity index (χ1) is 8.74. The summed E-state index contributed by atoms with van der Waals surface area (Å²) in [6.45, 7) is 2.66. The Morgan fingerprint density at radius 2 is 2.06 bits per heavy atom. The number of anilines is 1. The normalized spacial score (nSPS) is 12.2. The van der Waals surface area contributed by atoms with Gasteiger partial charge in [-0.2, -0.15) is 0 Å². The minimum Gasteiger partial charge on any atom is -0.495 e. The summed E-state index contributed by atoms with van der Waals surface area (Å²) in [5.41, 5.74) is 6.83. The molecule has 0 amide bonds. The van der Waals surface area contributed by atoms with Crippen molar-refractivity contribution in [3.63, 3.8) is 0 Å². The molecule has 0 aliphatic rings. The van der Waals surface area contributed by atoms with Gasteiger partial charge in [-0.05, 0) is 31.2 Å². The predicted octanol–water partition coefficient (Wildman–Crippen LogP) is 3.18. The summed E-state index contributed by atoms with van der Waals surface area (Å²) in [4.78, 5) is 2.55. The molecule has 0 spiro atoms. The molecule has 96 valence electrons. The highest BCUT2D eigenvalue weighted by Gasteiger charge is 2.13. The number of aryl methyl sites for hydroxylation is 1. The molecule has 1 unspecified atom stereocenters. The lowest BCUT2D eigenvalue weighted by atomic mass is 10.2.